The van der Waals surface area contributed by atoms with Crippen LogP contribution in [0.2, 0.25) is 0 Å². The Bertz CT molecular complexity index is 381. The number of alkyl halides is 3. The summed E-state index contributed by atoms with van der Waals surface area (Å²) >= 11 is 0. The molecule has 0 unspecified atom stereocenters. The van der Waals surface area contributed by atoms with Gasteiger partial charge >= 0.3 is 6.18 Å². The van der Waals surface area contributed by atoms with Gasteiger partial charge in [-0.2, -0.15) is 13.2 Å². The third-order valence-electron chi connectivity index (χ3n) is 2.51. The van der Waals surface area contributed by atoms with Crippen LogP contribution in [0, 0.1) is 0 Å². The molecule has 0 spiro atoms. The molecular weight excluding hydrogens is 227 g/mol. The van der Waals surface area contributed by atoms with E-state index in [4.69, 9.17) is 0 Å². The van der Waals surface area contributed by atoms with Gasteiger partial charge in [-0.25, -0.2) is 0 Å². The van der Waals surface area contributed by atoms with Crippen molar-refractivity contribution in [2.75, 3.05) is 14.1 Å². The van der Waals surface area contributed by atoms with E-state index in [1.807, 2.05) is 38.9 Å². The maximum atomic E-state index is 12.7. The summed E-state index contributed by atoms with van der Waals surface area (Å²) in [6.07, 6.45) is -4.27. The minimum Gasteiger partial charge on any atom is -0.305 e. The molecule has 4 heteroatoms. The van der Waals surface area contributed by atoms with Crippen LogP contribution in [-0.2, 0) is 12.7 Å². The van der Waals surface area contributed by atoms with Crippen molar-refractivity contribution in [2.45, 2.75) is 32.5 Å². The van der Waals surface area contributed by atoms with Gasteiger partial charge in [0.2, 0.25) is 0 Å². The topological polar surface area (TPSA) is 3.24 Å². The summed E-state index contributed by atoms with van der Waals surface area (Å²) < 4.78 is 38.2. The van der Waals surface area contributed by atoms with E-state index in [9.17, 15) is 13.2 Å². The standard InChI is InChI=1S/C13H18F3N/c1-9(2)11-5-10(8-17(3)4)6-12(7-11)13(14,15)16/h5-7,9H,8H2,1-4H3. The van der Waals surface area contributed by atoms with Crippen LogP contribution in [0.5, 0.6) is 0 Å². The zero-order valence-corrected chi connectivity index (χ0v) is 10.6. The van der Waals surface area contributed by atoms with E-state index in [0.29, 0.717) is 12.1 Å². The molecule has 0 bridgehead atoms. The molecule has 1 nitrogen and oxygen atoms in total. The van der Waals surface area contributed by atoms with Crippen LogP contribution in [-0.4, -0.2) is 19.0 Å². The number of nitrogens with zero attached hydrogens (tertiary/aromatic N) is 1. The molecule has 0 aliphatic heterocycles. The minimum absolute atomic E-state index is 0.0956. The summed E-state index contributed by atoms with van der Waals surface area (Å²) in [5.41, 5.74) is 0.880. The molecule has 0 aliphatic carbocycles. The van der Waals surface area contributed by atoms with Crippen molar-refractivity contribution in [2.24, 2.45) is 0 Å². The highest BCUT2D eigenvalue weighted by Gasteiger charge is 2.31. The number of hydrogen-bond donors (Lipinski definition) is 0. The van der Waals surface area contributed by atoms with E-state index < -0.39 is 11.7 Å². The molecule has 1 aromatic carbocycles. The predicted octanol–water partition coefficient (Wildman–Crippen LogP) is 3.89. The quantitative estimate of drug-likeness (QED) is 0.781. The monoisotopic (exact) mass is 245 g/mol. The van der Waals surface area contributed by atoms with Crippen molar-refractivity contribution in [3.05, 3.63) is 34.9 Å². The van der Waals surface area contributed by atoms with Crippen molar-refractivity contribution >= 4 is 0 Å². The largest absolute Gasteiger partial charge is 0.416 e. The molecule has 0 fully saturated rings. The first-order chi connectivity index (χ1) is 7.70. The smallest absolute Gasteiger partial charge is 0.305 e. The van der Waals surface area contributed by atoms with Crippen LogP contribution >= 0.6 is 0 Å². The fourth-order valence-electron chi connectivity index (χ4n) is 1.67. The van der Waals surface area contributed by atoms with E-state index in [1.165, 1.54) is 12.1 Å². The first-order valence-electron chi connectivity index (χ1n) is 5.56. The van der Waals surface area contributed by atoms with E-state index in [2.05, 4.69) is 0 Å². The van der Waals surface area contributed by atoms with Gasteiger partial charge in [0.05, 0.1) is 5.56 Å². The average Bonchev–Trinajstić information content (AvgIpc) is 2.14. The SMILES string of the molecule is CC(C)c1cc(CN(C)C)cc(C(F)(F)F)c1. The Morgan fingerprint density at radius 1 is 1.12 bits per heavy atom. The van der Waals surface area contributed by atoms with E-state index in [-0.39, 0.29) is 5.92 Å². The maximum absolute atomic E-state index is 12.7. The zero-order valence-electron chi connectivity index (χ0n) is 10.6. The fraction of sp³-hybridized carbons (Fsp3) is 0.538. The highest BCUT2D eigenvalue weighted by Crippen LogP contribution is 2.32. The van der Waals surface area contributed by atoms with E-state index in [1.54, 1.807) is 0 Å². The molecule has 0 atom stereocenters. The summed E-state index contributed by atoms with van der Waals surface area (Å²) in [5.74, 6) is 0.0956. The normalized spacial score (nSPS) is 12.5. The Kier molecular flexibility index (Phi) is 4.20. The first kappa shape index (κ1) is 14.0. The third-order valence-corrected chi connectivity index (χ3v) is 2.51. The van der Waals surface area contributed by atoms with Crippen LogP contribution < -0.4 is 0 Å². The second kappa shape index (κ2) is 5.08. The van der Waals surface area contributed by atoms with Crippen LogP contribution in [0.4, 0.5) is 13.2 Å². The molecule has 0 aromatic heterocycles. The second-order valence-electron chi connectivity index (χ2n) is 4.85. The minimum atomic E-state index is -4.27. The number of hydrogen-bond acceptors (Lipinski definition) is 1. The van der Waals surface area contributed by atoms with E-state index in [0.717, 1.165) is 5.56 Å². The van der Waals surface area contributed by atoms with Crippen molar-refractivity contribution in [1.82, 2.24) is 4.90 Å². The highest BCUT2D eigenvalue weighted by molar-refractivity contribution is 5.33. The second-order valence-corrected chi connectivity index (χ2v) is 4.85. The molecule has 0 N–H and O–H groups in total. The van der Waals surface area contributed by atoms with Gasteiger partial charge in [0.15, 0.2) is 0 Å². The Morgan fingerprint density at radius 2 is 1.71 bits per heavy atom. The maximum Gasteiger partial charge on any atom is 0.416 e. The van der Waals surface area contributed by atoms with Crippen LogP contribution in [0.15, 0.2) is 18.2 Å². The van der Waals surface area contributed by atoms with Gasteiger partial charge in [-0.1, -0.05) is 19.9 Å². The van der Waals surface area contributed by atoms with Crippen molar-refractivity contribution in [1.29, 1.82) is 0 Å². The molecule has 0 heterocycles. The van der Waals surface area contributed by atoms with Crippen LogP contribution in [0.25, 0.3) is 0 Å². The molecular formula is C13H18F3N. The van der Waals surface area contributed by atoms with Crippen molar-refractivity contribution in [3.63, 3.8) is 0 Å². The molecule has 1 aromatic rings. The molecule has 0 amide bonds. The van der Waals surface area contributed by atoms with Gasteiger partial charge in [0.1, 0.15) is 0 Å². The molecule has 0 saturated carbocycles. The van der Waals surface area contributed by atoms with Gasteiger partial charge in [-0.15, -0.1) is 0 Å². The lowest BCUT2D eigenvalue weighted by Gasteiger charge is -2.16. The fourth-order valence-corrected chi connectivity index (χ4v) is 1.67. The Balaban J connectivity index is 3.19. The number of halogens is 3. The van der Waals surface area contributed by atoms with Gasteiger partial charge in [0, 0.05) is 6.54 Å². The number of rotatable bonds is 3. The predicted molar refractivity (Wildman–Crippen MR) is 62.9 cm³/mol. The molecule has 0 radical (unpaired) electrons. The molecule has 1 rings (SSSR count). The average molecular weight is 245 g/mol. The van der Waals surface area contributed by atoms with Crippen LogP contribution in [0.3, 0.4) is 0 Å². The molecule has 96 valence electrons. The lowest BCUT2D eigenvalue weighted by atomic mass is 9.97. The van der Waals surface area contributed by atoms with Crippen LogP contribution in [0.1, 0.15) is 36.5 Å². The molecule has 17 heavy (non-hydrogen) atoms. The number of benzene rings is 1. The summed E-state index contributed by atoms with van der Waals surface area (Å²) in [6.45, 7) is 4.31. The lowest BCUT2D eigenvalue weighted by Crippen LogP contribution is -2.13. The lowest BCUT2D eigenvalue weighted by molar-refractivity contribution is -0.137. The molecule has 0 saturated heterocycles. The van der Waals surface area contributed by atoms with Crippen molar-refractivity contribution in [3.8, 4) is 0 Å². The summed E-state index contributed by atoms with van der Waals surface area (Å²) in [5, 5.41) is 0. The van der Waals surface area contributed by atoms with E-state index >= 15 is 0 Å². The Morgan fingerprint density at radius 3 is 2.12 bits per heavy atom. The molecule has 0 aliphatic rings. The first-order valence-corrected chi connectivity index (χ1v) is 5.56. The highest BCUT2D eigenvalue weighted by atomic mass is 19.4. The van der Waals surface area contributed by atoms with Gasteiger partial charge in [-0.05, 0) is 43.3 Å². The summed E-state index contributed by atoms with van der Waals surface area (Å²) in [4.78, 5) is 1.86. The van der Waals surface area contributed by atoms with Gasteiger partial charge in [-0.3, -0.25) is 0 Å². The van der Waals surface area contributed by atoms with Gasteiger partial charge in [0.25, 0.3) is 0 Å². The summed E-state index contributed by atoms with van der Waals surface area (Å²) in [6, 6.07) is 4.32. The Labute approximate surface area is 100 Å². The van der Waals surface area contributed by atoms with Crippen molar-refractivity contribution < 1.29 is 13.2 Å². The summed E-state index contributed by atoms with van der Waals surface area (Å²) in [7, 11) is 3.69. The third kappa shape index (κ3) is 4.04. The zero-order chi connectivity index (χ0) is 13.2. The van der Waals surface area contributed by atoms with Gasteiger partial charge < -0.3 is 4.90 Å². The Hall–Kier alpha value is -1.03.